The van der Waals surface area contributed by atoms with Crippen LogP contribution in [0, 0.1) is 0 Å². The first-order valence-electron chi connectivity index (χ1n) is 10.6. The lowest BCUT2D eigenvalue weighted by molar-refractivity contribution is -0.136. The van der Waals surface area contributed by atoms with Crippen LogP contribution in [0.2, 0.25) is 0 Å². The zero-order chi connectivity index (χ0) is 22.6. The van der Waals surface area contributed by atoms with Crippen molar-refractivity contribution in [3.8, 4) is 5.75 Å². The third-order valence-corrected chi connectivity index (χ3v) is 7.43. The Bertz CT molecular complexity index is 983. The SMILES string of the molecule is CC(C)c1ccc(OCC(=O)N(Cc2ccc(N(C)C)cc2)[C@H]2CCS(=O)(=O)C2)cc1. The summed E-state index contributed by atoms with van der Waals surface area (Å²) >= 11 is 0. The van der Waals surface area contributed by atoms with Crippen molar-refractivity contribution in [3.05, 3.63) is 59.7 Å². The molecule has 6 nitrogen and oxygen atoms in total. The molecular weight excluding hydrogens is 412 g/mol. The molecule has 31 heavy (non-hydrogen) atoms. The molecule has 1 heterocycles. The van der Waals surface area contributed by atoms with Crippen molar-refractivity contribution in [3.63, 3.8) is 0 Å². The molecule has 0 N–H and O–H groups in total. The van der Waals surface area contributed by atoms with Gasteiger partial charge in [0.2, 0.25) is 0 Å². The molecule has 0 spiro atoms. The Balaban J connectivity index is 1.71. The first kappa shape index (κ1) is 23.1. The van der Waals surface area contributed by atoms with E-state index in [0.29, 0.717) is 24.6 Å². The molecule has 0 unspecified atom stereocenters. The lowest BCUT2D eigenvalue weighted by Gasteiger charge is -2.28. The molecule has 0 aromatic heterocycles. The fourth-order valence-electron chi connectivity index (χ4n) is 3.72. The monoisotopic (exact) mass is 444 g/mol. The van der Waals surface area contributed by atoms with Gasteiger partial charge >= 0.3 is 0 Å². The van der Waals surface area contributed by atoms with Crippen LogP contribution in [0.4, 0.5) is 5.69 Å². The predicted octanol–water partition coefficient (Wildman–Crippen LogP) is 3.47. The number of anilines is 1. The predicted molar refractivity (Wildman–Crippen MR) is 124 cm³/mol. The van der Waals surface area contributed by atoms with E-state index in [1.807, 2.05) is 67.5 Å². The number of benzene rings is 2. The standard InChI is InChI=1S/C24H32N2O4S/c1-18(2)20-7-11-23(12-8-20)30-16-24(27)26(22-13-14-31(28,29)17-22)15-19-5-9-21(10-6-19)25(3)4/h5-12,18,22H,13-17H2,1-4H3/t22-/m0/s1. The van der Waals surface area contributed by atoms with Crippen LogP contribution in [-0.2, 0) is 21.2 Å². The lowest BCUT2D eigenvalue weighted by atomic mass is 10.0. The number of amides is 1. The largest absolute Gasteiger partial charge is 0.484 e. The van der Waals surface area contributed by atoms with Crippen LogP contribution in [0.25, 0.3) is 0 Å². The quantitative estimate of drug-likeness (QED) is 0.624. The van der Waals surface area contributed by atoms with Crippen molar-refractivity contribution in [1.29, 1.82) is 0 Å². The topological polar surface area (TPSA) is 66.9 Å². The van der Waals surface area contributed by atoms with Crippen molar-refractivity contribution in [1.82, 2.24) is 4.90 Å². The molecular formula is C24H32N2O4S. The van der Waals surface area contributed by atoms with Crippen LogP contribution in [0.3, 0.4) is 0 Å². The van der Waals surface area contributed by atoms with Crippen LogP contribution in [0.1, 0.15) is 37.3 Å². The molecule has 1 aliphatic rings. The molecule has 1 saturated heterocycles. The maximum atomic E-state index is 13.1. The number of carbonyl (C=O) groups is 1. The third-order valence-electron chi connectivity index (χ3n) is 5.68. The number of carbonyl (C=O) groups excluding carboxylic acids is 1. The summed E-state index contributed by atoms with van der Waals surface area (Å²) in [7, 11) is 0.837. The van der Waals surface area contributed by atoms with E-state index in [1.165, 1.54) is 5.56 Å². The fourth-order valence-corrected chi connectivity index (χ4v) is 5.45. The van der Waals surface area contributed by atoms with Gasteiger partial charge in [-0.3, -0.25) is 4.79 Å². The average molecular weight is 445 g/mol. The Kier molecular flexibility index (Phi) is 7.26. The highest BCUT2D eigenvalue weighted by molar-refractivity contribution is 7.91. The second-order valence-corrected chi connectivity index (χ2v) is 10.9. The van der Waals surface area contributed by atoms with Gasteiger partial charge in [-0.2, -0.15) is 0 Å². The summed E-state index contributed by atoms with van der Waals surface area (Å²) in [6.45, 7) is 4.49. The van der Waals surface area contributed by atoms with Gasteiger partial charge in [-0.25, -0.2) is 8.42 Å². The highest BCUT2D eigenvalue weighted by Gasteiger charge is 2.34. The molecule has 0 radical (unpaired) electrons. The molecule has 1 fully saturated rings. The van der Waals surface area contributed by atoms with Gasteiger partial charge in [-0.15, -0.1) is 0 Å². The van der Waals surface area contributed by atoms with E-state index in [4.69, 9.17) is 4.74 Å². The van der Waals surface area contributed by atoms with Crippen LogP contribution < -0.4 is 9.64 Å². The van der Waals surface area contributed by atoms with E-state index < -0.39 is 9.84 Å². The lowest BCUT2D eigenvalue weighted by Crippen LogP contribution is -2.43. The minimum atomic E-state index is -3.11. The summed E-state index contributed by atoms with van der Waals surface area (Å²) in [6, 6.07) is 15.4. The molecule has 168 valence electrons. The van der Waals surface area contributed by atoms with Gasteiger partial charge in [0.25, 0.3) is 5.91 Å². The maximum absolute atomic E-state index is 13.1. The van der Waals surface area contributed by atoms with Gasteiger partial charge < -0.3 is 14.5 Å². The Morgan fingerprint density at radius 3 is 2.23 bits per heavy atom. The summed E-state index contributed by atoms with van der Waals surface area (Å²) in [5.41, 5.74) is 3.24. The van der Waals surface area contributed by atoms with Gasteiger partial charge in [0.1, 0.15) is 5.75 Å². The van der Waals surface area contributed by atoms with Crippen LogP contribution >= 0.6 is 0 Å². The van der Waals surface area contributed by atoms with Gasteiger partial charge in [0.15, 0.2) is 16.4 Å². The van der Waals surface area contributed by atoms with E-state index in [2.05, 4.69) is 13.8 Å². The number of ether oxygens (including phenoxy) is 1. The van der Waals surface area contributed by atoms with Crippen LogP contribution in [-0.4, -0.2) is 57.5 Å². The van der Waals surface area contributed by atoms with E-state index in [-0.39, 0.29) is 30.1 Å². The van der Waals surface area contributed by atoms with E-state index in [0.717, 1.165) is 11.3 Å². The van der Waals surface area contributed by atoms with Crippen LogP contribution in [0.15, 0.2) is 48.5 Å². The molecule has 2 aromatic carbocycles. The van der Waals surface area contributed by atoms with Gasteiger partial charge in [0, 0.05) is 32.4 Å². The summed E-state index contributed by atoms with van der Waals surface area (Å²) in [4.78, 5) is 16.7. The third kappa shape index (κ3) is 6.23. The summed E-state index contributed by atoms with van der Waals surface area (Å²) < 4.78 is 29.8. The highest BCUT2D eigenvalue weighted by Crippen LogP contribution is 2.23. The van der Waals surface area contributed by atoms with Crippen molar-refractivity contribution in [2.75, 3.05) is 37.1 Å². The van der Waals surface area contributed by atoms with Gasteiger partial charge in [0.05, 0.1) is 11.5 Å². The molecule has 1 amide bonds. The number of hydrogen-bond acceptors (Lipinski definition) is 5. The number of rotatable bonds is 8. The number of hydrogen-bond donors (Lipinski definition) is 0. The van der Waals surface area contributed by atoms with Crippen molar-refractivity contribution >= 4 is 21.4 Å². The smallest absolute Gasteiger partial charge is 0.261 e. The Hall–Kier alpha value is -2.54. The maximum Gasteiger partial charge on any atom is 0.261 e. The molecule has 1 atom stereocenters. The minimum Gasteiger partial charge on any atom is -0.484 e. The highest BCUT2D eigenvalue weighted by atomic mass is 32.2. The normalized spacial score (nSPS) is 17.5. The Morgan fingerprint density at radius 1 is 1.06 bits per heavy atom. The van der Waals surface area contributed by atoms with Crippen molar-refractivity contribution in [2.45, 2.75) is 38.8 Å². The molecule has 0 saturated carbocycles. The van der Waals surface area contributed by atoms with Gasteiger partial charge in [-0.05, 0) is 47.7 Å². The average Bonchev–Trinajstić information content (AvgIpc) is 3.10. The summed E-state index contributed by atoms with van der Waals surface area (Å²) in [6.07, 6.45) is 0.465. The molecule has 2 aromatic rings. The number of sulfone groups is 1. The number of nitrogens with zero attached hydrogens (tertiary/aromatic N) is 2. The molecule has 3 rings (SSSR count). The van der Waals surface area contributed by atoms with E-state index in [1.54, 1.807) is 4.90 Å². The van der Waals surface area contributed by atoms with E-state index in [9.17, 15) is 13.2 Å². The second-order valence-electron chi connectivity index (χ2n) is 8.65. The molecule has 7 heteroatoms. The van der Waals surface area contributed by atoms with Gasteiger partial charge in [-0.1, -0.05) is 38.1 Å². The fraction of sp³-hybridized carbons (Fsp3) is 0.458. The first-order valence-corrected chi connectivity index (χ1v) is 12.5. The molecule has 1 aliphatic heterocycles. The molecule has 0 aliphatic carbocycles. The Labute approximate surface area is 185 Å². The summed E-state index contributed by atoms with van der Waals surface area (Å²) in [5.74, 6) is 0.990. The van der Waals surface area contributed by atoms with Crippen LogP contribution in [0.5, 0.6) is 5.75 Å². The van der Waals surface area contributed by atoms with E-state index >= 15 is 0 Å². The minimum absolute atomic E-state index is 0.0115. The summed E-state index contributed by atoms with van der Waals surface area (Å²) in [5, 5.41) is 0. The second kappa shape index (κ2) is 9.73. The Morgan fingerprint density at radius 2 is 1.71 bits per heavy atom. The zero-order valence-corrected chi connectivity index (χ0v) is 19.6. The van der Waals surface area contributed by atoms with Crippen molar-refractivity contribution in [2.24, 2.45) is 0 Å². The first-order chi connectivity index (χ1) is 14.6. The molecule has 0 bridgehead atoms. The van der Waals surface area contributed by atoms with Crippen molar-refractivity contribution < 1.29 is 17.9 Å². The zero-order valence-electron chi connectivity index (χ0n) is 18.7.